The van der Waals surface area contributed by atoms with Crippen molar-refractivity contribution in [3.63, 3.8) is 0 Å². The van der Waals surface area contributed by atoms with Gasteiger partial charge in [0.05, 0.1) is 0 Å². The molecule has 0 saturated heterocycles. The Balaban J connectivity index is 1.74. The van der Waals surface area contributed by atoms with E-state index < -0.39 is 12.6 Å². The number of carbonyl (C=O) groups excluding carboxylic acids is 4. The maximum absolute atomic E-state index is 12.2. The smallest absolute Gasteiger partial charge is 0.344 e. The van der Waals surface area contributed by atoms with Crippen LogP contribution < -0.4 is 10.1 Å². The van der Waals surface area contributed by atoms with E-state index in [4.69, 9.17) is 9.47 Å². The molecule has 1 amide bonds. The van der Waals surface area contributed by atoms with E-state index in [1.54, 1.807) is 48.5 Å². The summed E-state index contributed by atoms with van der Waals surface area (Å²) in [7, 11) is 0. The van der Waals surface area contributed by atoms with E-state index >= 15 is 0 Å². The van der Waals surface area contributed by atoms with Crippen molar-refractivity contribution in [3.05, 3.63) is 59.7 Å². The van der Waals surface area contributed by atoms with Crippen LogP contribution in [-0.2, 0) is 14.3 Å². The van der Waals surface area contributed by atoms with E-state index in [-0.39, 0.29) is 24.1 Å². The van der Waals surface area contributed by atoms with Gasteiger partial charge in [0.1, 0.15) is 5.75 Å². The Morgan fingerprint density at radius 3 is 2.10 bits per heavy atom. The molecule has 0 spiro atoms. The molecule has 0 saturated carbocycles. The monoisotopic (exact) mass is 425 g/mol. The number of unbranched alkanes of at least 4 members (excludes halogenated alkanes) is 2. The second-order valence-electron chi connectivity index (χ2n) is 7.04. The number of hydrogen-bond donors (Lipinski definition) is 1. The predicted molar refractivity (Wildman–Crippen MR) is 116 cm³/mol. The molecule has 2 aromatic carbocycles. The lowest BCUT2D eigenvalue weighted by Crippen LogP contribution is -2.19. The number of ether oxygens (including phenoxy) is 2. The average Bonchev–Trinajstić information content (AvgIpc) is 2.77. The van der Waals surface area contributed by atoms with Crippen molar-refractivity contribution >= 4 is 29.1 Å². The number of amides is 1. The van der Waals surface area contributed by atoms with Gasteiger partial charge >= 0.3 is 5.97 Å². The van der Waals surface area contributed by atoms with Crippen LogP contribution in [0.25, 0.3) is 0 Å². The molecule has 7 heteroatoms. The summed E-state index contributed by atoms with van der Waals surface area (Å²) in [5.41, 5.74) is 1.53. The molecule has 0 aliphatic heterocycles. The van der Waals surface area contributed by atoms with Gasteiger partial charge in [-0.1, -0.05) is 19.8 Å². The van der Waals surface area contributed by atoms with Crippen molar-refractivity contribution in [1.29, 1.82) is 0 Å². The van der Waals surface area contributed by atoms with Crippen molar-refractivity contribution < 1.29 is 28.7 Å². The van der Waals surface area contributed by atoms with Gasteiger partial charge in [-0.15, -0.1) is 0 Å². The highest BCUT2D eigenvalue weighted by molar-refractivity contribution is 5.99. The van der Waals surface area contributed by atoms with Crippen molar-refractivity contribution in [3.8, 4) is 5.75 Å². The Morgan fingerprint density at radius 1 is 0.839 bits per heavy atom. The molecule has 0 atom stereocenters. The number of benzene rings is 2. The molecule has 0 aromatic heterocycles. The lowest BCUT2D eigenvalue weighted by atomic mass is 10.1. The van der Waals surface area contributed by atoms with Crippen molar-refractivity contribution in [2.45, 2.75) is 39.5 Å². The molecular weight excluding hydrogens is 398 g/mol. The Bertz CT molecular complexity index is 903. The van der Waals surface area contributed by atoms with Gasteiger partial charge < -0.3 is 14.8 Å². The van der Waals surface area contributed by atoms with Gasteiger partial charge in [0, 0.05) is 23.2 Å². The number of nitrogens with one attached hydrogen (secondary N) is 1. The number of Topliss-reactive ketones (excluding diaryl/α,β-unsaturated/α-hetero) is 2. The fourth-order valence-corrected chi connectivity index (χ4v) is 2.70. The number of hydrogen-bond acceptors (Lipinski definition) is 6. The van der Waals surface area contributed by atoms with Crippen LogP contribution in [0.2, 0.25) is 0 Å². The average molecular weight is 425 g/mol. The highest BCUT2D eigenvalue weighted by Crippen LogP contribution is 2.13. The molecule has 31 heavy (non-hydrogen) atoms. The minimum Gasteiger partial charge on any atom is -0.482 e. The van der Waals surface area contributed by atoms with E-state index in [0.717, 1.165) is 19.3 Å². The van der Waals surface area contributed by atoms with Crippen LogP contribution in [0, 0.1) is 0 Å². The first kappa shape index (κ1) is 23.8. The summed E-state index contributed by atoms with van der Waals surface area (Å²) in [5.74, 6) is -0.746. The van der Waals surface area contributed by atoms with E-state index in [9.17, 15) is 19.2 Å². The number of carbonyl (C=O) groups is 4. The molecule has 0 heterocycles. The van der Waals surface area contributed by atoms with Gasteiger partial charge in [-0.2, -0.15) is 0 Å². The largest absolute Gasteiger partial charge is 0.482 e. The van der Waals surface area contributed by atoms with Gasteiger partial charge in [0.25, 0.3) is 0 Å². The van der Waals surface area contributed by atoms with E-state index in [1.807, 2.05) is 0 Å². The summed E-state index contributed by atoms with van der Waals surface area (Å²) in [5, 5.41) is 2.79. The van der Waals surface area contributed by atoms with E-state index in [0.29, 0.717) is 29.0 Å². The molecule has 2 rings (SSSR count). The fourth-order valence-electron chi connectivity index (χ4n) is 2.70. The number of anilines is 1. The number of rotatable bonds is 12. The summed E-state index contributed by atoms with van der Waals surface area (Å²) in [6.07, 6.45) is 3.37. The third-order valence-electron chi connectivity index (χ3n) is 4.48. The Kier molecular flexibility index (Phi) is 9.42. The first-order valence-corrected chi connectivity index (χ1v) is 10.2. The van der Waals surface area contributed by atoms with Gasteiger partial charge in [0.15, 0.2) is 24.8 Å². The normalized spacial score (nSPS) is 10.3. The fraction of sp³-hybridized carbons (Fsp3) is 0.333. The van der Waals surface area contributed by atoms with Crippen LogP contribution in [0.1, 0.15) is 60.2 Å². The van der Waals surface area contributed by atoms with E-state index in [1.165, 1.54) is 6.92 Å². The van der Waals surface area contributed by atoms with Crippen LogP contribution in [0.4, 0.5) is 5.69 Å². The maximum Gasteiger partial charge on any atom is 0.344 e. The van der Waals surface area contributed by atoms with Crippen LogP contribution in [0.15, 0.2) is 48.5 Å². The Morgan fingerprint density at radius 2 is 1.48 bits per heavy atom. The highest BCUT2D eigenvalue weighted by atomic mass is 16.6. The van der Waals surface area contributed by atoms with Gasteiger partial charge in [-0.25, -0.2) is 4.79 Å². The highest BCUT2D eigenvalue weighted by Gasteiger charge is 2.11. The molecule has 0 radical (unpaired) electrons. The molecule has 0 fully saturated rings. The Hall–Kier alpha value is -3.48. The van der Waals surface area contributed by atoms with Gasteiger partial charge in [-0.05, 0) is 61.9 Å². The first-order valence-electron chi connectivity index (χ1n) is 10.2. The lowest BCUT2D eigenvalue weighted by molar-refractivity contribution is -0.144. The SMILES string of the molecule is CCCCCC(=O)Nc1ccc(C(=O)COC(=O)COc2ccc(C(C)=O)cc2)cc1. The molecule has 0 unspecified atom stereocenters. The second kappa shape index (κ2) is 12.3. The zero-order valence-corrected chi connectivity index (χ0v) is 17.8. The minimum atomic E-state index is -0.681. The number of ketones is 2. The topological polar surface area (TPSA) is 98.8 Å². The van der Waals surface area contributed by atoms with Crippen LogP contribution >= 0.6 is 0 Å². The number of esters is 1. The quantitative estimate of drug-likeness (QED) is 0.311. The zero-order valence-electron chi connectivity index (χ0n) is 17.8. The van der Waals surface area contributed by atoms with Crippen LogP contribution in [0.3, 0.4) is 0 Å². The zero-order chi connectivity index (χ0) is 22.6. The lowest BCUT2D eigenvalue weighted by Gasteiger charge is -2.08. The molecule has 0 aliphatic rings. The van der Waals surface area contributed by atoms with E-state index in [2.05, 4.69) is 12.2 Å². The third-order valence-corrected chi connectivity index (χ3v) is 4.48. The maximum atomic E-state index is 12.2. The molecule has 7 nitrogen and oxygen atoms in total. The van der Waals surface area contributed by atoms with Crippen LogP contribution in [-0.4, -0.2) is 36.7 Å². The van der Waals surface area contributed by atoms with Crippen molar-refractivity contribution in [1.82, 2.24) is 0 Å². The third kappa shape index (κ3) is 8.42. The summed E-state index contributed by atoms with van der Waals surface area (Å²) >= 11 is 0. The molecule has 0 aliphatic carbocycles. The predicted octanol–water partition coefficient (Wildman–Crippen LogP) is 4.21. The summed E-state index contributed by atoms with van der Waals surface area (Å²) in [6.45, 7) is 2.78. The molecule has 2 aromatic rings. The van der Waals surface area contributed by atoms with Crippen molar-refractivity contribution in [2.75, 3.05) is 18.5 Å². The molecule has 0 bridgehead atoms. The minimum absolute atomic E-state index is 0.0580. The molecule has 164 valence electrons. The van der Waals surface area contributed by atoms with Gasteiger partial charge in [0.2, 0.25) is 5.91 Å². The second-order valence-corrected chi connectivity index (χ2v) is 7.04. The summed E-state index contributed by atoms with van der Waals surface area (Å²) < 4.78 is 10.2. The summed E-state index contributed by atoms with van der Waals surface area (Å²) in [6, 6.07) is 12.8. The van der Waals surface area contributed by atoms with Crippen LogP contribution in [0.5, 0.6) is 5.75 Å². The Labute approximate surface area is 181 Å². The standard InChI is InChI=1S/C24H27NO6/c1-3-4-5-6-23(28)25-20-11-7-19(8-12-20)22(27)15-31-24(29)16-30-21-13-9-18(10-14-21)17(2)26/h7-14H,3-6,15-16H2,1-2H3,(H,25,28). The summed E-state index contributed by atoms with van der Waals surface area (Å²) in [4.78, 5) is 47.1. The first-order chi connectivity index (χ1) is 14.9. The molecular formula is C24H27NO6. The van der Waals surface area contributed by atoms with Gasteiger partial charge in [-0.3, -0.25) is 14.4 Å². The van der Waals surface area contributed by atoms with Crippen molar-refractivity contribution in [2.24, 2.45) is 0 Å². The molecule has 1 N–H and O–H groups in total.